The van der Waals surface area contributed by atoms with Gasteiger partial charge in [0, 0.05) is 40.6 Å². The number of carbonyl (C=O) groups excluding carboxylic acids is 2. The van der Waals surface area contributed by atoms with Crippen LogP contribution in [0.4, 0.5) is 22.7 Å². The predicted octanol–water partition coefficient (Wildman–Crippen LogP) is 4.90. The van der Waals surface area contributed by atoms with E-state index in [4.69, 9.17) is 27.4 Å². The second-order valence-corrected chi connectivity index (χ2v) is 11.8. The summed E-state index contributed by atoms with van der Waals surface area (Å²) in [5, 5.41) is 51.2. The van der Waals surface area contributed by atoms with Gasteiger partial charge in [0.15, 0.2) is 10.7 Å². The lowest BCUT2D eigenvalue weighted by Crippen LogP contribution is -2.44. The third-order valence-electron chi connectivity index (χ3n) is 8.25. The third-order valence-corrected chi connectivity index (χ3v) is 8.45. The van der Waals surface area contributed by atoms with Gasteiger partial charge in [-0.1, -0.05) is 6.07 Å². The summed E-state index contributed by atoms with van der Waals surface area (Å²) in [6, 6.07) is 15.6. The zero-order valence-corrected chi connectivity index (χ0v) is 26.7. The number of benzene rings is 4. The molecule has 0 unspecified atom stereocenters. The van der Waals surface area contributed by atoms with Gasteiger partial charge in [0.25, 0.3) is 11.4 Å². The van der Waals surface area contributed by atoms with Gasteiger partial charge in [0.2, 0.25) is 5.91 Å². The minimum absolute atomic E-state index is 0.0788. The number of phenols is 2. The Morgan fingerprint density at radius 1 is 0.900 bits per heavy atom. The number of phenolic OH excluding ortho intramolecular Hbond substituents is 2. The first-order valence-electron chi connectivity index (χ1n) is 15.1. The third kappa shape index (κ3) is 6.17. The molecule has 256 valence electrons. The molecule has 7 N–H and O–H groups in total. The van der Waals surface area contributed by atoms with Gasteiger partial charge in [-0.3, -0.25) is 25.0 Å². The van der Waals surface area contributed by atoms with E-state index in [2.05, 4.69) is 16.0 Å². The monoisotopic (exact) mass is 700 g/mol. The largest absolute Gasteiger partial charge is 0.508 e. The van der Waals surface area contributed by atoms with Crippen molar-refractivity contribution in [3.8, 4) is 23.0 Å². The topological polar surface area (TPSA) is 241 Å². The molecule has 0 fully saturated rings. The van der Waals surface area contributed by atoms with Crippen LogP contribution < -0.4 is 26.4 Å². The van der Waals surface area contributed by atoms with E-state index in [1.165, 1.54) is 30.3 Å². The summed E-state index contributed by atoms with van der Waals surface area (Å²) in [6.07, 6.45) is 1.25. The Morgan fingerprint density at radius 3 is 2.18 bits per heavy atom. The molecule has 0 radical (unpaired) electrons. The fourth-order valence-corrected chi connectivity index (χ4v) is 6.22. The minimum Gasteiger partial charge on any atom is -0.508 e. The number of ether oxygens (including phenoxy) is 2. The number of thiocarbonyl (C=S) groups is 1. The molecule has 4 aromatic carbocycles. The number of nitro groups is 2. The Bertz CT molecular complexity index is 2040. The van der Waals surface area contributed by atoms with E-state index in [0.29, 0.717) is 41.8 Å². The van der Waals surface area contributed by atoms with Crippen molar-refractivity contribution >= 4 is 52.0 Å². The standard InChI is InChI=1S/C33H28N6O10S/c34-12-2-1-3-26(36-25-11-5-18(38(44)45)14-27(25)39(46)47)30(42)37-32(50)35-17-4-8-22-21(13-17)31(43)49-33(22)23-9-6-19(40)15-28(23)48-29-16-20(41)7-10-24(29)33/h4-11,13-16,26,36,40-41H,1-3,12,34H2,(H2,35,37,42,50)/t26-/m0/s1. The molecule has 0 aromatic heterocycles. The van der Waals surface area contributed by atoms with Crippen LogP contribution in [0.2, 0.25) is 0 Å². The number of nitro benzene ring substituents is 2. The maximum atomic E-state index is 13.4. The fourth-order valence-electron chi connectivity index (χ4n) is 6.00. The number of non-ortho nitro benzene ring substituents is 1. The first-order chi connectivity index (χ1) is 23.9. The second-order valence-electron chi connectivity index (χ2n) is 11.4. The van der Waals surface area contributed by atoms with E-state index in [-0.39, 0.29) is 45.8 Å². The lowest BCUT2D eigenvalue weighted by atomic mass is 9.77. The first kappa shape index (κ1) is 33.6. The summed E-state index contributed by atoms with van der Waals surface area (Å²) < 4.78 is 12.0. The summed E-state index contributed by atoms with van der Waals surface area (Å²) in [5.41, 5.74) is 4.84. The molecule has 0 aliphatic carbocycles. The highest BCUT2D eigenvalue weighted by Gasteiger charge is 2.53. The van der Waals surface area contributed by atoms with Gasteiger partial charge in [-0.05, 0) is 80.5 Å². The number of hydrogen-bond donors (Lipinski definition) is 6. The van der Waals surface area contributed by atoms with Crippen LogP contribution in [0.1, 0.15) is 46.3 Å². The number of unbranched alkanes of at least 4 members (excludes halogenated alkanes) is 1. The van der Waals surface area contributed by atoms with E-state index >= 15 is 0 Å². The number of nitrogens with one attached hydrogen (secondary N) is 3. The van der Waals surface area contributed by atoms with E-state index in [1.807, 2.05) is 0 Å². The fraction of sp³-hybridized carbons (Fsp3) is 0.182. The molecule has 0 saturated carbocycles. The normalized spacial score (nSPS) is 13.9. The number of fused-ring (bicyclic) bond motifs is 6. The zero-order chi connectivity index (χ0) is 35.7. The molecule has 50 heavy (non-hydrogen) atoms. The van der Waals surface area contributed by atoms with Crippen LogP contribution in [0.3, 0.4) is 0 Å². The number of rotatable bonds is 10. The van der Waals surface area contributed by atoms with E-state index in [1.54, 1.807) is 24.3 Å². The van der Waals surface area contributed by atoms with E-state index in [0.717, 1.165) is 18.2 Å². The van der Waals surface area contributed by atoms with Crippen LogP contribution >= 0.6 is 12.2 Å². The number of nitrogens with two attached hydrogens (primary N) is 1. The summed E-state index contributed by atoms with van der Waals surface area (Å²) in [4.78, 5) is 48.1. The molecule has 1 spiro atoms. The molecular formula is C33H28N6O10S. The van der Waals surface area contributed by atoms with Crippen LogP contribution in [0.5, 0.6) is 23.0 Å². The molecule has 0 saturated heterocycles. The number of carbonyl (C=O) groups is 2. The van der Waals surface area contributed by atoms with Crippen molar-refractivity contribution < 1.29 is 39.1 Å². The molecule has 17 heteroatoms. The van der Waals surface area contributed by atoms with Gasteiger partial charge in [-0.2, -0.15) is 0 Å². The van der Waals surface area contributed by atoms with Crippen molar-refractivity contribution in [3.05, 3.63) is 115 Å². The van der Waals surface area contributed by atoms with Crippen molar-refractivity contribution in [2.45, 2.75) is 30.9 Å². The Balaban J connectivity index is 1.25. The van der Waals surface area contributed by atoms with Crippen molar-refractivity contribution in [1.82, 2.24) is 5.32 Å². The summed E-state index contributed by atoms with van der Waals surface area (Å²) >= 11 is 5.40. The van der Waals surface area contributed by atoms with Gasteiger partial charge in [-0.15, -0.1) is 0 Å². The van der Waals surface area contributed by atoms with Gasteiger partial charge in [-0.25, -0.2) is 4.79 Å². The molecule has 1 amide bonds. The molecule has 2 heterocycles. The predicted molar refractivity (Wildman–Crippen MR) is 182 cm³/mol. The Hall–Kier alpha value is -6.33. The quantitative estimate of drug-likeness (QED) is 0.0424. The maximum absolute atomic E-state index is 13.4. The number of esters is 1. The SMILES string of the molecule is NCCCC[C@H](Nc1ccc([N+](=O)[O-])cc1[N+](=O)[O-])C(=O)NC(=S)Nc1ccc2c(c1)C(=O)OC21c2ccc(O)cc2Oc2cc(O)ccc21. The Kier molecular flexibility index (Phi) is 8.92. The molecule has 2 aliphatic rings. The highest BCUT2D eigenvalue weighted by Crippen LogP contribution is 2.57. The summed E-state index contributed by atoms with van der Waals surface area (Å²) in [5.74, 6) is -1.03. The Morgan fingerprint density at radius 2 is 1.56 bits per heavy atom. The van der Waals surface area contributed by atoms with Crippen LogP contribution in [0, 0.1) is 20.2 Å². The number of nitrogens with zero attached hydrogens (tertiary/aromatic N) is 2. The first-order valence-corrected chi connectivity index (χ1v) is 15.6. The molecular weight excluding hydrogens is 672 g/mol. The average Bonchev–Trinajstić information content (AvgIpc) is 3.35. The van der Waals surface area contributed by atoms with Crippen molar-refractivity contribution in [3.63, 3.8) is 0 Å². The summed E-state index contributed by atoms with van der Waals surface area (Å²) in [6.45, 7) is 0.350. The van der Waals surface area contributed by atoms with Gasteiger partial charge < -0.3 is 41.4 Å². The lowest BCUT2D eigenvalue weighted by Gasteiger charge is -2.36. The molecule has 2 aliphatic heterocycles. The Labute approximate surface area is 288 Å². The highest BCUT2D eigenvalue weighted by atomic mass is 32.1. The highest BCUT2D eigenvalue weighted by molar-refractivity contribution is 7.80. The molecule has 0 bridgehead atoms. The molecule has 16 nitrogen and oxygen atoms in total. The molecule has 1 atom stereocenters. The van der Waals surface area contributed by atoms with Gasteiger partial charge >= 0.3 is 5.97 Å². The van der Waals surface area contributed by atoms with E-state index < -0.39 is 44.7 Å². The number of aromatic hydroxyl groups is 2. The van der Waals surface area contributed by atoms with Crippen molar-refractivity contribution in [2.75, 3.05) is 17.2 Å². The number of anilines is 2. The van der Waals surface area contributed by atoms with Crippen LogP contribution in [-0.4, -0.2) is 49.6 Å². The maximum Gasteiger partial charge on any atom is 0.340 e. The molecule has 6 rings (SSSR count). The van der Waals surface area contributed by atoms with Gasteiger partial charge in [0.1, 0.15) is 34.7 Å². The van der Waals surface area contributed by atoms with Crippen LogP contribution in [0.15, 0.2) is 72.8 Å². The molecule has 4 aromatic rings. The average molecular weight is 701 g/mol. The number of amides is 1. The van der Waals surface area contributed by atoms with Gasteiger partial charge in [0.05, 0.1) is 21.5 Å². The minimum atomic E-state index is -1.47. The van der Waals surface area contributed by atoms with E-state index in [9.17, 15) is 40.0 Å². The zero-order valence-electron chi connectivity index (χ0n) is 25.9. The van der Waals surface area contributed by atoms with Crippen LogP contribution in [0.25, 0.3) is 0 Å². The van der Waals surface area contributed by atoms with Crippen LogP contribution in [-0.2, 0) is 15.1 Å². The van der Waals surface area contributed by atoms with Crippen molar-refractivity contribution in [2.24, 2.45) is 5.73 Å². The number of hydrogen-bond acceptors (Lipinski definition) is 13. The van der Waals surface area contributed by atoms with Crippen molar-refractivity contribution in [1.29, 1.82) is 0 Å². The lowest BCUT2D eigenvalue weighted by molar-refractivity contribution is -0.393. The summed E-state index contributed by atoms with van der Waals surface area (Å²) in [7, 11) is 0. The second kappa shape index (κ2) is 13.3. The smallest absolute Gasteiger partial charge is 0.340 e.